The molecule has 6 nitrogen and oxygen atoms in total. The van der Waals surface area contributed by atoms with Crippen LogP contribution in [0.2, 0.25) is 0 Å². The predicted octanol–water partition coefficient (Wildman–Crippen LogP) is 4.09. The lowest BCUT2D eigenvalue weighted by atomic mass is 10.0. The second-order valence-corrected chi connectivity index (χ2v) is 8.75. The highest BCUT2D eigenvalue weighted by atomic mass is 19.1. The average Bonchev–Trinajstić information content (AvgIpc) is 3.41. The molecule has 2 aromatic heterocycles. The topological polar surface area (TPSA) is 58.7 Å². The summed E-state index contributed by atoms with van der Waals surface area (Å²) in [5.74, 6) is -1.03. The van der Waals surface area contributed by atoms with Crippen LogP contribution in [0.25, 0.3) is 0 Å². The fraction of sp³-hybridized carbons (Fsp3) is 0.333. The first kappa shape index (κ1) is 20.9. The molecule has 3 heterocycles. The number of halogens is 1. The Balaban J connectivity index is 1.63. The SMILES string of the molecule is CC(C)(C)N(CC(=O)N1CCn2cccc2C1c1ccoc1)C(=O)c1cccc(F)c1. The summed E-state index contributed by atoms with van der Waals surface area (Å²) in [7, 11) is 0. The monoisotopic (exact) mass is 423 g/mol. The molecule has 1 aliphatic rings. The molecule has 4 rings (SSSR count). The standard InChI is InChI=1S/C24H26FN3O3/c1-24(2,3)28(23(30)17-6-4-7-19(25)14-17)15-21(29)27-12-11-26-10-5-8-20(26)22(27)18-9-13-31-16-18/h4-10,13-14,16,22H,11-12,15H2,1-3H3. The van der Waals surface area contributed by atoms with Crippen LogP contribution in [0.1, 0.15) is 48.4 Å². The number of benzene rings is 1. The summed E-state index contributed by atoms with van der Waals surface area (Å²) in [6, 6.07) is 11.1. The van der Waals surface area contributed by atoms with E-state index in [2.05, 4.69) is 4.57 Å². The highest BCUT2D eigenvalue weighted by molar-refractivity contribution is 5.97. The predicted molar refractivity (Wildman–Crippen MR) is 114 cm³/mol. The van der Waals surface area contributed by atoms with E-state index in [1.54, 1.807) is 23.5 Å². The molecule has 0 fully saturated rings. The molecule has 0 saturated heterocycles. The summed E-state index contributed by atoms with van der Waals surface area (Å²) >= 11 is 0. The first-order chi connectivity index (χ1) is 14.8. The minimum atomic E-state index is -0.625. The zero-order valence-electron chi connectivity index (χ0n) is 17.9. The van der Waals surface area contributed by atoms with Crippen LogP contribution in [0.4, 0.5) is 4.39 Å². The van der Waals surface area contributed by atoms with Gasteiger partial charge < -0.3 is 18.8 Å². The van der Waals surface area contributed by atoms with Gasteiger partial charge in [-0.1, -0.05) is 6.07 Å². The van der Waals surface area contributed by atoms with Gasteiger partial charge in [0, 0.05) is 41.6 Å². The molecule has 0 bridgehead atoms. The maximum Gasteiger partial charge on any atom is 0.254 e. The molecule has 1 atom stereocenters. The molecule has 0 radical (unpaired) electrons. The van der Waals surface area contributed by atoms with Crippen molar-refractivity contribution < 1.29 is 18.4 Å². The van der Waals surface area contributed by atoms with Crippen LogP contribution in [0.5, 0.6) is 0 Å². The summed E-state index contributed by atoms with van der Waals surface area (Å²) < 4.78 is 21.1. The largest absolute Gasteiger partial charge is 0.472 e. The summed E-state index contributed by atoms with van der Waals surface area (Å²) in [5, 5.41) is 0. The van der Waals surface area contributed by atoms with Crippen molar-refractivity contribution in [3.8, 4) is 0 Å². The number of hydrogen-bond acceptors (Lipinski definition) is 3. The molecule has 2 amide bonds. The third-order valence-electron chi connectivity index (χ3n) is 5.64. The fourth-order valence-corrected chi connectivity index (χ4v) is 4.05. The van der Waals surface area contributed by atoms with Gasteiger partial charge in [0.05, 0.1) is 12.5 Å². The zero-order chi connectivity index (χ0) is 22.2. The summed E-state index contributed by atoms with van der Waals surface area (Å²) in [6.07, 6.45) is 5.24. The molecule has 0 spiro atoms. The van der Waals surface area contributed by atoms with E-state index >= 15 is 0 Å². The quantitative estimate of drug-likeness (QED) is 0.635. The maximum atomic E-state index is 13.7. The third kappa shape index (κ3) is 4.13. The summed E-state index contributed by atoms with van der Waals surface area (Å²) in [6.45, 7) is 6.69. The first-order valence-corrected chi connectivity index (χ1v) is 10.3. The van der Waals surface area contributed by atoms with E-state index < -0.39 is 11.4 Å². The number of carbonyl (C=O) groups is 2. The van der Waals surface area contributed by atoms with E-state index in [1.165, 1.54) is 23.1 Å². The van der Waals surface area contributed by atoms with Gasteiger partial charge in [0.1, 0.15) is 18.4 Å². The molecule has 0 aliphatic carbocycles. The lowest BCUT2D eigenvalue weighted by molar-refractivity contribution is -0.135. The smallest absolute Gasteiger partial charge is 0.254 e. The summed E-state index contributed by atoms with van der Waals surface area (Å²) in [4.78, 5) is 30.0. The van der Waals surface area contributed by atoms with E-state index in [1.807, 2.05) is 45.2 Å². The van der Waals surface area contributed by atoms with Gasteiger partial charge in [-0.05, 0) is 57.2 Å². The number of furan rings is 1. The van der Waals surface area contributed by atoms with Crippen molar-refractivity contribution in [2.45, 2.75) is 38.9 Å². The average molecular weight is 423 g/mol. The maximum absolute atomic E-state index is 13.7. The molecule has 1 aliphatic heterocycles. The number of carbonyl (C=O) groups excluding carboxylic acids is 2. The van der Waals surface area contributed by atoms with Crippen molar-refractivity contribution in [2.24, 2.45) is 0 Å². The Labute approximate surface area is 180 Å². The molecule has 31 heavy (non-hydrogen) atoms. The molecule has 0 saturated carbocycles. The van der Waals surface area contributed by atoms with Gasteiger partial charge in [0.2, 0.25) is 5.91 Å². The number of hydrogen-bond donors (Lipinski definition) is 0. The first-order valence-electron chi connectivity index (χ1n) is 10.3. The van der Waals surface area contributed by atoms with Crippen LogP contribution in [0, 0.1) is 5.82 Å². The number of nitrogens with zero attached hydrogens (tertiary/aromatic N) is 3. The molecule has 162 valence electrons. The van der Waals surface area contributed by atoms with Crippen LogP contribution in [0.3, 0.4) is 0 Å². The molecular weight excluding hydrogens is 397 g/mol. The van der Waals surface area contributed by atoms with Gasteiger partial charge in [-0.25, -0.2) is 4.39 Å². The summed E-state index contributed by atoms with van der Waals surface area (Å²) in [5.41, 5.74) is 1.48. The van der Waals surface area contributed by atoms with Crippen LogP contribution >= 0.6 is 0 Å². The van der Waals surface area contributed by atoms with Crippen LogP contribution < -0.4 is 0 Å². The minimum Gasteiger partial charge on any atom is -0.472 e. The van der Waals surface area contributed by atoms with E-state index in [-0.39, 0.29) is 30.0 Å². The Morgan fingerprint density at radius 2 is 1.97 bits per heavy atom. The third-order valence-corrected chi connectivity index (χ3v) is 5.64. The van der Waals surface area contributed by atoms with E-state index in [0.29, 0.717) is 13.1 Å². The van der Waals surface area contributed by atoms with Gasteiger partial charge in [-0.2, -0.15) is 0 Å². The number of fused-ring (bicyclic) bond motifs is 1. The highest BCUT2D eigenvalue weighted by Crippen LogP contribution is 2.33. The second kappa shape index (κ2) is 8.06. The molecule has 1 unspecified atom stereocenters. The lowest BCUT2D eigenvalue weighted by Gasteiger charge is -2.40. The number of rotatable bonds is 4. The van der Waals surface area contributed by atoms with Gasteiger partial charge in [0.15, 0.2) is 0 Å². The Hall–Kier alpha value is -3.35. The Morgan fingerprint density at radius 1 is 1.16 bits per heavy atom. The van der Waals surface area contributed by atoms with Crippen molar-refractivity contribution in [2.75, 3.05) is 13.1 Å². The van der Waals surface area contributed by atoms with Crippen molar-refractivity contribution in [3.63, 3.8) is 0 Å². The molecule has 3 aromatic rings. The van der Waals surface area contributed by atoms with Gasteiger partial charge in [-0.15, -0.1) is 0 Å². The van der Waals surface area contributed by atoms with E-state index in [0.717, 1.165) is 11.3 Å². The van der Waals surface area contributed by atoms with Crippen LogP contribution in [0.15, 0.2) is 65.6 Å². The molecule has 7 heteroatoms. The minimum absolute atomic E-state index is 0.103. The Morgan fingerprint density at radius 3 is 2.65 bits per heavy atom. The number of aromatic nitrogens is 1. The fourth-order valence-electron chi connectivity index (χ4n) is 4.05. The van der Waals surface area contributed by atoms with Crippen molar-refractivity contribution >= 4 is 11.8 Å². The van der Waals surface area contributed by atoms with Crippen molar-refractivity contribution in [1.82, 2.24) is 14.4 Å². The Kier molecular flexibility index (Phi) is 5.43. The normalized spacial score (nSPS) is 16.1. The van der Waals surface area contributed by atoms with Crippen LogP contribution in [-0.4, -0.2) is 44.8 Å². The van der Waals surface area contributed by atoms with Gasteiger partial charge >= 0.3 is 0 Å². The molecular formula is C24H26FN3O3. The van der Waals surface area contributed by atoms with Crippen LogP contribution in [-0.2, 0) is 11.3 Å². The van der Waals surface area contributed by atoms with E-state index in [9.17, 15) is 14.0 Å². The highest BCUT2D eigenvalue weighted by Gasteiger charge is 2.36. The lowest BCUT2D eigenvalue weighted by Crippen LogP contribution is -2.53. The second-order valence-electron chi connectivity index (χ2n) is 8.75. The molecule has 0 N–H and O–H groups in total. The van der Waals surface area contributed by atoms with E-state index in [4.69, 9.17) is 4.42 Å². The molecule has 1 aromatic carbocycles. The van der Waals surface area contributed by atoms with Gasteiger partial charge in [-0.3, -0.25) is 9.59 Å². The number of amides is 2. The zero-order valence-corrected chi connectivity index (χ0v) is 17.9. The van der Waals surface area contributed by atoms with Crippen molar-refractivity contribution in [1.29, 1.82) is 0 Å². The van der Waals surface area contributed by atoms with Crippen molar-refractivity contribution in [3.05, 3.63) is 83.8 Å². The van der Waals surface area contributed by atoms with Gasteiger partial charge in [0.25, 0.3) is 5.91 Å². The Bertz CT molecular complexity index is 1080.